The summed E-state index contributed by atoms with van der Waals surface area (Å²) in [4.78, 5) is 6.48. The minimum absolute atomic E-state index is 0.397. The normalized spacial score (nSPS) is 22.3. The molecule has 134 valence electrons. The monoisotopic (exact) mass is 353 g/mol. The number of ether oxygens (including phenoxy) is 1. The van der Waals surface area contributed by atoms with Crippen LogP contribution in [0.1, 0.15) is 47.7 Å². The van der Waals surface area contributed by atoms with Crippen LogP contribution in [0.5, 0.6) is 0 Å². The SMILES string of the molecule is FC(F)(F)c1cccc(C2CN(Cc3noc(C4CC4)n3)CCO2)c1. The summed E-state index contributed by atoms with van der Waals surface area (Å²) in [6.45, 7) is 2.14. The van der Waals surface area contributed by atoms with Crippen LogP contribution >= 0.6 is 0 Å². The Balaban J connectivity index is 1.43. The van der Waals surface area contributed by atoms with Crippen LogP contribution in [0, 0.1) is 0 Å². The molecule has 1 saturated carbocycles. The molecule has 1 aromatic heterocycles. The zero-order valence-electron chi connectivity index (χ0n) is 13.5. The predicted molar refractivity (Wildman–Crippen MR) is 81.7 cm³/mol. The number of aromatic nitrogens is 2. The van der Waals surface area contributed by atoms with Gasteiger partial charge in [-0.2, -0.15) is 18.2 Å². The van der Waals surface area contributed by atoms with Gasteiger partial charge in [0.1, 0.15) is 0 Å². The average Bonchev–Trinajstić information content (AvgIpc) is 3.35. The summed E-state index contributed by atoms with van der Waals surface area (Å²) in [7, 11) is 0. The zero-order valence-corrected chi connectivity index (χ0v) is 13.5. The molecule has 0 N–H and O–H groups in total. The summed E-state index contributed by atoms with van der Waals surface area (Å²) in [6, 6.07) is 5.32. The van der Waals surface area contributed by atoms with Gasteiger partial charge in [0, 0.05) is 19.0 Å². The second-order valence-electron chi connectivity index (χ2n) is 6.54. The second kappa shape index (κ2) is 6.42. The van der Waals surface area contributed by atoms with Gasteiger partial charge in [-0.05, 0) is 30.5 Å². The van der Waals surface area contributed by atoms with E-state index in [1.165, 1.54) is 6.07 Å². The molecule has 1 saturated heterocycles. The van der Waals surface area contributed by atoms with Crippen molar-refractivity contribution in [2.45, 2.75) is 37.6 Å². The van der Waals surface area contributed by atoms with E-state index in [-0.39, 0.29) is 0 Å². The first-order valence-corrected chi connectivity index (χ1v) is 8.32. The highest BCUT2D eigenvalue weighted by Crippen LogP contribution is 2.39. The standard InChI is InChI=1S/C17H18F3N3O2/c18-17(19,20)13-3-1-2-12(8-13)14-9-23(6-7-24-14)10-15-21-16(25-22-15)11-4-5-11/h1-3,8,11,14H,4-7,9-10H2. The van der Waals surface area contributed by atoms with Crippen LogP contribution in [0.25, 0.3) is 0 Å². The molecule has 2 aliphatic rings. The van der Waals surface area contributed by atoms with Crippen molar-refractivity contribution in [3.8, 4) is 0 Å². The van der Waals surface area contributed by atoms with E-state index in [1.54, 1.807) is 6.07 Å². The maximum absolute atomic E-state index is 12.9. The van der Waals surface area contributed by atoms with E-state index in [4.69, 9.17) is 9.26 Å². The van der Waals surface area contributed by atoms with Gasteiger partial charge in [0.15, 0.2) is 5.82 Å². The van der Waals surface area contributed by atoms with Crippen molar-refractivity contribution in [3.05, 3.63) is 47.1 Å². The summed E-state index contributed by atoms with van der Waals surface area (Å²) < 4.78 is 49.6. The molecule has 2 aromatic rings. The second-order valence-corrected chi connectivity index (χ2v) is 6.54. The maximum atomic E-state index is 12.9. The lowest BCUT2D eigenvalue weighted by atomic mass is 10.0. The Hall–Kier alpha value is -1.93. The largest absolute Gasteiger partial charge is 0.416 e. The fourth-order valence-corrected chi connectivity index (χ4v) is 2.99. The highest BCUT2D eigenvalue weighted by molar-refractivity contribution is 5.27. The Morgan fingerprint density at radius 3 is 2.84 bits per heavy atom. The number of nitrogens with zero attached hydrogens (tertiary/aromatic N) is 3. The van der Waals surface area contributed by atoms with Crippen LogP contribution in [0.4, 0.5) is 13.2 Å². The van der Waals surface area contributed by atoms with Gasteiger partial charge < -0.3 is 9.26 Å². The number of hydrogen-bond acceptors (Lipinski definition) is 5. The molecular formula is C17H18F3N3O2. The van der Waals surface area contributed by atoms with Crippen LogP contribution in [0.15, 0.2) is 28.8 Å². The van der Waals surface area contributed by atoms with E-state index >= 15 is 0 Å². The number of rotatable bonds is 4. The van der Waals surface area contributed by atoms with Gasteiger partial charge in [0.05, 0.1) is 24.8 Å². The molecule has 1 aromatic carbocycles. The van der Waals surface area contributed by atoms with Crippen LogP contribution in [-0.4, -0.2) is 34.7 Å². The van der Waals surface area contributed by atoms with Gasteiger partial charge in [-0.3, -0.25) is 4.90 Å². The molecule has 0 amide bonds. The average molecular weight is 353 g/mol. The first kappa shape index (κ1) is 16.5. The number of halogens is 3. The molecule has 25 heavy (non-hydrogen) atoms. The van der Waals surface area contributed by atoms with E-state index in [0.717, 1.165) is 25.0 Å². The van der Waals surface area contributed by atoms with Crippen LogP contribution < -0.4 is 0 Å². The minimum Gasteiger partial charge on any atom is -0.371 e. The van der Waals surface area contributed by atoms with E-state index in [1.807, 2.05) is 0 Å². The summed E-state index contributed by atoms with van der Waals surface area (Å²) in [5, 5.41) is 4.00. The summed E-state index contributed by atoms with van der Waals surface area (Å²) in [6.07, 6.45) is -2.56. The van der Waals surface area contributed by atoms with Gasteiger partial charge in [-0.1, -0.05) is 17.3 Å². The molecular weight excluding hydrogens is 335 g/mol. The Morgan fingerprint density at radius 1 is 1.24 bits per heavy atom. The first-order valence-electron chi connectivity index (χ1n) is 8.32. The van der Waals surface area contributed by atoms with E-state index in [9.17, 15) is 13.2 Å². The van der Waals surface area contributed by atoms with Crippen molar-refractivity contribution in [1.29, 1.82) is 0 Å². The maximum Gasteiger partial charge on any atom is 0.416 e. The van der Waals surface area contributed by atoms with Gasteiger partial charge in [-0.25, -0.2) is 0 Å². The summed E-state index contributed by atoms with van der Waals surface area (Å²) in [5.74, 6) is 1.72. The summed E-state index contributed by atoms with van der Waals surface area (Å²) in [5.41, 5.74) is -0.121. The molecule has 1 unspecified atom stereocenters. The van der Waals surface area contributed by atoms with Crippen molar-refractivity contribution < 1.29 is 22.4 Å². The predicted octanol–water partition coefficient (Wildman–Crippen LogP) is 3.54. The Kier molecular flexibility index (Phi) is 4.24. The third kappa shape index (κ3) is 3.85. The molecule has 5 nitrogen and oxygen atoms in total. The lowest BCUT2D eigenvalue weighted by molar-refractivity contribution is -0.137. The quantitative estimate of drug-likeness (QED) is 0.842. The molecule has 2 heterocycles. The minimum atomic E-state index is -4.35. The lowest BCUT2D eigenvalue weighted by Crippen LogP contribution is -2.38. The molecule has 0 bridgehead atoms. The van der Waals surface area contributed by atoms with Crippen molar-refractivity contribution in [2.75, 3.05) is 19.7 Å². The van der Waals surface area contributed by atoms with Crippen molar-refractivity contribution in [2.24, 2.45) is 0 Å². The number of benzene rings is 1. The third-order valence-corrected chi connectivity index (χ3v) is 4.51. The number of hydrogen-bond donors (Lipinski definition) is 0. The molecule has 2 fully saturated rings. The molecule has 4 rings (SSSR count). The van der Waals surface area contributed by atoms with E-state index < -0.39 is 17.8 Å². The van der Waals surface area contributed by atoms with E-state index in [2.05, 4.69) is 15.0 Å². The highest BCUT2D eigenvalue weighted by atomic mass is 19.4. The fraction of sp³-hybridized carbons (Fsp3) is 0.529. The zero-order chi connectivity index (χ0) is 17.4. The summed E-state index contributed by atoms with van der Waals surface area (Å²) >= 11 is 0. The van der Waals surface area contributed by atoms with Crippen molar-refractivity contribution >= 4 is 0 Å². The Labute approximate surface area is 142 Å². The molecule has 1 atom stereocenters. The smallest absolute Gasteiger partial charge is 0.371 e. The molecule has 8 heteroatoms. The fourth-order valence-electron chi connectivity index (χ4n) is 2.99. The molecule has 1 aliphatic carbocycles. The van der Waals surface area contributed by atoms with Crippen LogP contribution in [-0.2, 0) is 17.5 Å². The molecule has 0 radical (unpaired) electrons. The Bertz CT molecular complexity index is 743. The number of morpholine rings is 1. The van der Waals surface area contributed by atoms with Crippen molar-refractivity contribution in [3.63, 3.8) is 0 Å². The molecule has 0 spiro atoms. The van der Waals surface area contributed by atoms with Crippen LogP contribution in [0.2, 0.25) is 0 Å². The first-order chi connectivity index (χ1) is 12.0. The van der Waals surface area contributed by atoms with Gasteiger partial charge in [0.25, 0.3) is 0 Å². The Morgan fingerprint density at radius 2 is 2.08 bits per heavy atom. The highest BCUT2D eigenvalue weighted by Gasteiger charge is 2.32. The number of alkyl halides is 3. The van der Waals surface area contributed by atoms with Gasteiger partial charge in [0.2, 0.25) is 5.89 Å². The van der Waals surface area contributed by atoms with Crippen molar-refractivity contribution in [1.82, 2.24) is 15.0 Å². The van der Waals surface area contributed by atoms with E-state index in [0.29, 0.717) is 49.4 Å². The topological polar surface area (TPSA) is 51.4 Å². The van der Waals surface area contributed by atoms with Crippen LogP contribution in [0.3, 0.4) is 0 Å². The van der Waals surface area contributed by atoms with Gasteiger partial charge in [-0.15, -0.1) is 0 Å². The lowest BCUT2D eigenvalue weighted by Gasteiger charge is -2.32. The third-order valence-electron chi connectivity index (χ3n) is 4.51. The van der Waals surface area contributed by atoms with Gasteiger partial charge >= 0.3 is 6.18 Å². The molecule has 1 aliphatic heterocycles.